The quantitative estimate of drug-likeness (QED) is 0.517. The van der Waals surface area contributed by atoms with E-state index in [1.54, 1.807) is 0 Å². The lowest BCUT2D eigenvalue weighted by molar-refractivity contribution is 0.375. The second-order valence-corrected chi connectivity index (χ2v) is 4.00. The van der Waals surface area contributed by atoms with Crippen molar-refractivity contribution >= 4 is 22.6 Å². The van der Waals surface area contributed by atoms with Crippen LogP contribution in [-0.2, 0) is 0 Å². The van der Waals surface area contributed by atoms with Gasteiger partial charge in [-0.05, 0) is 41.4 Å². The predicted octanol–water partition coefficient (Wildman–Crippen LogP) is 3.93. The minimum atomic E-state index is -0.641. The van der Waals surface area contributed by atoms with E-state index in [0.717, 1.165) is 18.8 Å². The summed E-state index contributed by atoms with van der Waals surface area (Å²) < 4.78 is 11.7. The van der Waals surface area contributed by atoms with Crippen LogP contribution in [0.1, 0.15) is 39.5 Å². The minimum Gasteiger partial charge on any atom is -0.236 e. The summed E-state index contributed by atoms with van der Waals surface area (Å²) in [4.78, 5) is 0. The summed E-state index contributed by atoms with van der Waals surface area (Å²) in [5.74, 6) is 0.744. The van der Waals surface area contributed by atoms with Gasteiger partial charge in [-0.2, -0.15) is 0 Å². The van der Waals surface area contributed by atoms with Gasteiger partial charge in [-0.15, -0.1) is 0 Å². The molecule has 1 atom stereocenters. The molecule has 0 rings (SSSR count). The van der Waals surface area contributed by atoms with Crippen LogP contribution in [0.4, 0.5) is 4.39 Å². The van der Waals surface area contributed by atoms with Crippen molar-refractivity contribution in [2.75, 3.05) is 0 Å². The highest BCUT2D eigenvalue weighted by molar-refractivity contribution is 14.1. The van der Waals surface area contributed by atoms with Gasteiger partial charge in [-0.1, -0.05) is 26.7 Å². The van der Waals surface area contributed by atoms with E-state index in [0.29, 0.717) is 0 Å². The van der Waals surface area contributed by atoms with Gasteiger partial charge in [0.2, 0.25) is 0 Å². The van der Waals surface area contributed by atoms with Crippen LogP contribution in [0, 0.1) is 5.92 Å². The maximum atomic E-state index is 12.3. The first kappa shape index (κ1) is 10.7. The molecular weight excluding hydrogens is 242 g/mol. The highest BCUT2D eigenvalue weighted by Gasteiger charge is 2.06. The summed E-state index contributed by atoms with van der Waals surface area (Å²) in [5.41, 5.74) is 0. The number of alkyl halides is 2. The summed E-state index contributed by atoms with van der Waals surface area (Å²) >= 11 is 1.84. The van der Waals surface area contributed by atoms with E-state index < -0.39 is 4.18 Å². The maximum absolute atomic E-state index is 12.3. The molecule has 0 spiro atoms. The van der Waals surface area contributed by atoms with Gasteiger partial charge in [0, 0.05) is 0 Å². The Morgan fingerprint density at radius 2 is 1.70 bits per heavy atom. The second kappa shape index (κ2) is 6.38. The summed E-state index contributed by atoms with van der Waals surface area (Å²) in [7, 11) is 0. The van der Waals surface area contributed by atoms with Crippen molar-refractivity contribution in [2.24, 2.45) is 5.92 Å². The van der Waals surface area contributed by atoms with Crippen molar-refractivity contribution in [2.45, 2.75) is 43.7 Å². The highest BCUT2D eigenvalue weighted by Crippen LogP contribution is 2.19. The lowest BCUT2D eigenvalue weighted by Crippen LogP contribution is -1.99. The molecule has 0 aliphatic carbocycles. The molecule has 0 nitrogen and oxygen atoms in total. The van der Waals surface area contributed by atoms with E-state index in [-0.39, 0.29) is 0 Å². The molecule has 0 bridgehead atoms. The Hall–Kier alpha value is 0.660. The molecule has 0 aromatic heterocycles. The van der Waals surface area contributed by atoms with Crippen molar-refractivity contribution in [3.8, 4) is 0 Å². The Morgan fingerprint density at radius 1 is 1.20 bits per heavy atom. The maximum Gasteiger partial charge on any atom is 0.151 e. The van der Waals surface area contributed by atoms with Crippen LogP contribution in [0.5, 0.6) is 0 Å². The number of halogens is 2. The Balaban J connectivity index is 3.26. The molecule has 0 aromatic carbocycles. The standard InChI is InChI=1S/C8H16FI/c1-3-7(4-2)5-6-8(9)10/h7-8H,3-6H2,1-2H3. The third-order valence-corrected chi connectivity index (χ3v) is 2.57. The van der Waals surface area contributed by atoms with Crippen LogP contribution in [-0.4, -0.2) is 4.18 Å². The third kappa shape index (κ3) is 5.45. The van der Waals surface area contributed by atoms with Gasteiger partial charge >= 0.3 is 0 Å². The van der Waals surface area contributed by atoms with Crippen LogP contribution >= 0.6 is 22.6 Å². The molecule has 0 heterocycles. The topological polar surface area (TPSA) is 0 Å². The van der Waals surface area contributed by atoms with Crippen LogP contribution in [0.2, 0.25) is 0 Å². The van der Waals surface area contributed by atoms with Gasteiger partial charge in [-0.25, -0.2) is 4.39 Å². The molecule has 2 heteroatoms. The Bertz CT molecular complexity index is 69.7. The number of hydrogen-bond donors (Lipinski definition) is 0. The highest BCUT2D eigenvalue weighted by atomic mass is 127. The molecule has 1 unspecified atom stereocenters. The van der Waals surface area contributed by atoms with Crippen molar-refractivity contribution in [1.29, 1.82) is 0 Å². The van der Waals surface area contributed by atoms with E-state index in [4.69, 9.17) is 0 Å². The normalized spacial score (nSPS) is 14.1. The van der Waals surface area contributed by atoms with Gasteiger partial charge in [-0.3, -0.25) is 0 Å². The lowest BCUT2D eigenvalue weighted by Gasteiger charge is -2.10. The summed E-state index contributed by atoms with van der Waals surface area (Å²) in [6.45, 7) is 4.35. The largest absolute Gasteiger partial charge is 0.236 e. The minimum absolute atomic E-state index is 0.641. The van der Waals surface area contributed by atoms with E-state index in [2.05, 4.69) is 13.8 Å². The Kier molecular flexibility index (Phi) is 6.80. The van der Waals surface area contributed by atoms with E-state index >= 15 is 0 Å². The fourth-order valence-corrected chi connectivity index (χ4v) is 1.42. The first-order valence-electron chi connectivity index (χ1n) is 3.98. The summed E-state index contributed by atoms with van der Waals surface area (Å²) in [5, 5.41) is 0. The van der Waals surface area contributed by atoms with Gasteiger partial charge in [0.05, 0.1) is 0 Å². The molecule has 0 aliphatic rings. The molecule has 0 radical (unpaired) electrons. The van der Waals surface area contributed by atoms with Gasteiger partial charge in [0.1, 0.15) is 0 Å². The fourth-order valence-electron chi connectivity index (χ4n) is 1.06. The lowest BCUT2D eigenvalue weighted by atomic mass is 9.98. The molecule has 0 fully saturated rings. The van der Waals surface area contributed by atoms with Crippen molar-refractivity contribution < 1.29 is 4.39 Å². The molecule has 0 amide bonds. The zero-order valence-electron chi connectivity index (χ0n) is 6.74. The first-order valence-corrected chi connectivity index (χ1v) is 5.23. The molecule has 10 heavy (non-hydrogen) atoms. The smallest absolute Gasteiger partial charge is 0.151 e. The third-order valence-electron chi connectivity index (χ3n) is 1.95. The Morgan fingerprint density at radius 3 is 2.00 bits per heavy atom. The molecular formula is C8H16FI. The predicted molar refractivity (Wildman–Crippen MR) is 52.2 cm³/mol. The van der Waals surface area contributed by atoms with Crippen molar-refractivity contribution in [1.82, 2.24) is 0 Å². The first-order chi connectivity index (χ1) is 4.70. The fraction of sp³-hybridized carbons (Fsp3) is 1.00. The van der Waals surface area contributed by atoms with Crippen LogP contribution in [0.3, 0.4) is 0 Å². The molecule has 0 N–H and O–H groups in total. The molecule has 62 valence electrons. The van der Waals surface area contributed by atoms with Crippen LogP contribution in [0.25, 0.3) is 0 Å². The van der Waals surface area contributed by atoms with Gasteiger partial charge < -0.3 is 0 Å². The summed E-state index contributed by atoms with van der Waals surface area (Å²) in [6.07, 6.45) is 4.17. The molecule has 0 aromatic rings. The van der Waals surface area contributed by atoms with E-state index in [1.165, 1.54) is 12.8 Å². The molecule has 0 aliphatic heterocycles. The Labute approximate surface area is 76.7 Å². The second-order valence-electron chi connectivity index (χ2n) is 2.65. The summed E-state index contributed by atoms with van der Waals surface area (Å²) in [6, 6.07) is 0. The van der Waals surface area contributed by atoms with E-state index in [1.807, 2.05) is 22.6 Å². The van der Waals surface area contributed by atoms with E-state index in [9.17, 15) is 4.39 Å². The van der Waals surface area contributed by atoms with Crippen LogP contribution in [0.15, 0.2) is 0 Å². The number of rotatable bonds is 5. The van der Waals surface area contributed by atoms with Crippen LogP contribution < -0.4 is 0 Å². The molecule has 0 saturated heterocycles. The van der Waals surface area contributed by atoms with Crippen molar-refractivity contribution in [3.05, 3.63) is 0 Å². The average molecular weight is 258 g/mol. The van der Waals surface area contributed by atoms with Gasteiger partial charge in [0.25, 0.3) is 0 Å². The zero-order valence-corrected chi connectivity index (χ0v) is 8.90. The molecule has 0 saturated carbocycles. The zero-order chi connectivity index (χ0) is 7.98. The number of hydrogen-bond acceptors (Lipinski definition) is 0. The average Bonchev–Trinajstić information content (AvgIpc) is 1.90. The monoisotopic (exact) mass is 258 g/mol. The van der Waals surface area contributed by atoms with Crippen molar-refractivity contribution in [3.63, 3.8) is 0 Å². The SMILES string of the molecule is CCC(CC)CCC(F)I. The van der Waals surface area contributed by atoms with Gasteiger partial charge in [0.15, 0.2) is 4.18 Å².